The Hall–Kier alpha value is -2.10. The highest BCUT2D eigenvalue weighted by Gasteiger charge is 1.62. The molecule has 0 heterocycles. The Morgan fingerprint density at radius 1 is 0.333 bits per heavy atom. The molecule has 1 aliphatic carbocycles. The van der Waals surface area contributed by atoms with Crippen molar-refractivity contribution in [2.24, 2.45) is 0 Å². The number of hydrogen-bond acceptors (Lipinski definition) is 0. The molecule has 0 spiro atoms. The van der Waals surface area contributed by atoms with Crippen molar-refractivity contribution < 1.29 is 0 Å². The fourth-order valence-electron chi connectivity index (χ4n) is 0.539. The van der Waals surface area contributed by atoms with Gasteiger partial charge in [0, 0.05) is 0 Å². The van der Waals surface area contributed by atoms with E-state index in [0.29, 0.717) is 0 Å². The Balaban J connectivity index is 2.83. The van der Waals surface area contributed by atoms with Gasteiger partial charge in [0.25, 0.3) is 0 Å². The topological polar surface area (TPSA) is 0 Å². The van der Waals surface area contributed by atoms with Crippen molar-refractivity contribution in [2.45, 2.75) is 0 Å². The highest BCUT2D eigenvalue weighted by atomic mass is 13.7. The van der Waals surface area contributed by atoms with E-state index in [4.69, 9.17) is 0 Å². The summed E-state index contributed by atoms with van der Waals surface area (Å²) in [6, 6.07) is 0. The fourth-order valence-corrected chi connectivity index (χ4v) is 0.539. The van der Waals surface area contributed by atoms with Crippen LogP contribution >= 0.6 is 0 Å². The molecule has 0 heteroatoms. The van der Waals surface area contributed by atoms with Gasteiger partial charge in [-0.1, -0.05) is 35.5 Å². The van der Waals surface area contributed by atoms with Gasteiger partial charge in [-0.05, 0) is 36.5 Å². The largest absolute Gasteiger partial charge is 0.0696 e. The van der Waals surface area contributed by atoms with Crippen molar-refractivity contribution in [1.29, 1.82) is 0 Å². The lowest BCUT2D eigenvalue weighted by atomic mass is 10.4. The van der Waals surface area contributed by atoms with Crippen LogP contribution in [0, 0.1) is 35.5 Å². The van der Waals surface area contributed by atoms with Crippen LogP contribution < -0.4 is 0 Å². The monoisotopic (exact) mass is 150 g/mol. The van der Waals surface area contributed by atoms with Gasteiger partial charge in [-0.15, -0.1) is 0 Å². The van der Waals surface area contributed by atoms with Crippen LogP contribution in [0.5, 0.6) is 0 Å². The quantitative estimate of drug-likeness (QED) is 0.461. The summed E-state index contributed by atoms with van der Waals surface area (Å²) in [5, 5.41) is 0. The summed E-state index contributed by atoms with van der Waals surface area (Å²) in [5.41, 5.74) is 0. The highest BCUT2D eigenvalue weighted by Crippen LogP contribution is 1.74. The molecule has 0 nitrogen and oxygen atoms in total. The minimum absolute atomic E-state index is 1.71. The molecule has 0 radical (unpaired) electrons. The summed E-state index contributed by atoms with van der Waals surface area (Å²) in [6.45, 7) is 0. The van der Waals surface area contributed by atoms with Gasteiger partial charge in [-0.25, -0.2) is 0 Å². The maximum Gasteiger partial charge on any atom is -0.00316 e. The van der Waals surface area contributed by atoms with E-state index < -0.39 is 0 Å². The molecule has 54 valence electrons. The molecule has 0 saturated heterocycles. The van der Waals surface area contributed by atoms with Gasteiger partial charge in [0.1, 0.15) is 0 Å². The van der Waals surface area contributed by atoms with Crippen LogP contribution in [-0.2, 0) is 0 Å². The van der Waals surface area contributed by atoms with E-state index in [1.807, 2.05) is 0 Å². The molecule has 0 N–H and O–H groups in total. The van der Waals surface area contributed by atoms with Crippen molar-refractivity contribution in [3.05, 3.63) is 36.5 Å². The second-order valence-corrected chi connectivity index (χ2v) is 1.87. The first-order valence-electron chi connectivity index (χ1n) is 3.48. The van der Waals surface area contributed by atoms with E-state index in [1.165, 1.54) is 0 Å². The molecular formula is C12H6. The molecule has 0 bridgehead atoms. The summed E-state index contributed by atoms with van der Waals surface area (Å²) in [7, 11) is 0. The first kappa shape index (κ1) is 8.00. The maximum atomic E-state index is 2.79. The van der Waals surface area contributed by atoms with Crippen LogP contribution in [0.25, 0.3) is 0 Å². The number of hydrogen-bond donors (Lipinski definition) is 0. The number of rotatable bonds is 0. The van der Waals surface area contributed by atoms with E-state index in [1.54, 1.807) is 36.5 Å². The van der Waals surface area contributed by atoms with Gasteiger partial charge in [-0.3, -0.25) is 0 Å². The van der Waals surface area contributed by atoms with E-state index in [9.17, 15) is 0 Å². The molecular weight excluding hydrogens is 144 g/mol. The van der Waals surface area contributed by atoms with Crippen LogP contribution in [0.2, 0.25) is 0 Å². The smallest absolute Gasteiger partial charge is 0.00316 e. The molecule has 0 aromatic rings. The molecule has 0 aliphatic heterocycles. The van der Waals surface area contributed by atoms with Crippen molar-refractivity contribution >= 4 is 0 Å². The summed E-state index contributed by atoms with van der Waals surface area (Å²) in [4.78, 5) is 0. The van der Waals surface area contributed by atoms with E-state index in [2.05, 4.69) is 35.5 Å². The molecule has 0 unspecified atom stereocenters. The van der Waals surface area contributed by atoms with Crippen molar-refractivity contribution in [1.82, 2.24) is 0 Å². The van der Waals surface area contributed by atoms with E-state index in [-0.39, 0.29) is 0 Å². The summed E-state index contributed by atoms with van der Waals surface area (Å²) < 4.78 is 0. The van der Waals surface area contributed by atoms with Crippen LogP contribution in [-0.4, -0.2) is 0 Å². The third-order valence-corrected chi connectivity index (χ3v) is 1.00. The zero-order chi connectivity index (χ0) is 8.49. The van der Waals surface area contributed by atoms with Gasteiger partial charge < -0.3 is 0 Å². The SMILES string of the molecule is C1#C/C=C\C#C/C=C\C#CC=C1. The maximum absolute atomic E-state index is 2.79. The molecule has 1 rings (SSSR count). The van der Waals surface area contributed by atoms with Crippen molar-refractivity contribution in [3.8, 4) is 35.5 Å². The minimum Gasteiger partial charge on any atom is -0.0696 e. The Kier molecular flexibility index (Phi) is 3.78. The predicted octanol–water partition coefficient (Wildman–Crippen LogP) is 1.68. The van der Waals surface area contributed by atoms with E-state index in [0.717, 1.165) is 0 Å². The third-order valence-electron chi connectivity index (χ3n) is 1.00. The first-order chi connectivity index (χ1) is 6.00. The van der Waals surface area contributed by atoms with Crippen molar-refractivity contribution in [2.75, 3.05) is 0 Å². The second-order valence-electron chi connectivity index (χ2n) is 1.87. The molecule has 1 aliphatic rings. The van der Waals surface area contributed by atoms with Crippen LogP contribution in [0.3, 0.4) is 0 Å². The Labute approximate surface area is 72.7 Å². The Morgan fingerprint density at radius 3 is 0.667 bits per heavy atom. The first-order valence-corrected chi connectivity index (χ1v) is 3.48. The molecule has 0 amide bonds. The predicted molar refractivity (Wildman–Crippen MR) is 50.7 cm³/mol. The van der Waals surface area contributed by atoms with Crippen LogP contribution in [0.15, 0.2) is 36.5 Å². The molecule has 0 aromatic carbocycles. The normalized spacial score (nSPS) is 17.3. The van der Waals surface area contributed by atoms with Crippen LogP contribution in [0.1, 0.15) is 0 Å². The van der Waals surface area contributed by atoms with Gasteiger partial charge in [0.2, 0.25) is 0 Å². The molecule has 0 saturated carbocycles. The lowest BCUT2D eigenvalue weighted by molar-refractivity contribution is 2.03. The van der Waals surface area contributed by atoms with Gasteiger partial charge in [0.05, 0.1) is 0 Å². The molecule has 0 atom stereocenters. The van der Waals surface area contributed by atoms with E-state index >= 15 is 0 Å². The Bertz CT molecular complexity index is 302. The third kappa shape index (κ3) is 3.84. The Morgan fingerprint density at radius 2 is 0.500 bits per heavy atom. The number of allylic oxidation sites excluding steroid dienone is 6. The second kappa shape index (κ2) is 5.67. The zero-order valence-electron chi connectivity index (χ0n) is 6.46. The summed E-state index contributed by atoms with van der Waals surface area (Å²) in [5.74, 6) is 16.7. The molecule has 0 aromatic heterocycles. The highest BCUT2D eigenvalue weighted by molar-refractivity contribution is 5.36. The van der Waals surface area contributed by atoms with Crippen molar-refractivity contribution in [3.63, 3.8) is 0 Å². The lowest BCUT2D eigenvalue weighted by Crippen LogP contribution is -1.56. The molecule has 0 fully saturated rings. The summed E-state index contributed by atoms with van der Waals surface area (Å²) >= 11 is 0. The lowest BCUT2D eigenvalue weighted by Gasteiger charge is -1.68. The van der Waals surface area contributed by atoms with Gasteiger partial charge in [0.15, 0.2) is 0 Å². The fraction of sp³-hybridized carbons (Fsp3) is 0. The minimum atomic E-state index is 1.71. The van der Waals surface area contributed by atoms with Crippen LogP contribution in [0.4, 0.5) is 0 Å². The average Bonchev–Trinajstić information content (AvgIpc) is 2.05. The van der Waals surface area contributed by atoms with Gasteiger partial charge >= 0.3 is 0 Å². The average molecular weight is 150 g/mol. The van der Waals surface area contributed by atoms with Gasteiger partial charge in [-0.2, -0.15) is 0 Å². The zero-order valence-corrected chi connectivity index (χ0v) is 6.46. The standard InChI is InChI=1S/C12H6/c1-2-4-6-8-10-12-11-9-7-5-3-1/h1-2,7-10H/b2-1-,9-7-,10-8?. The summed E-state index contributed by atoms with van der Waals surface area (Å²) in [6.07, 6.45) is 10.3. The molecule has 12 heavy (non-hydrogen) atoms.